The summed E-state index contributed by atoms with van der Waals surface area (Å²) in [5, 5.41) is 4.66. The summed E-state index contributed by atoms with van der Waals surface area (Å²) in [7, 11) is 0. The lowest BCUT2D eigenvalue weighted by Crippen LogP contribution is -2.12. The van der Waals surface area contributed by atoms with Gasteiger partial charge in [-0.3, -0.25) is 4.98 Å². The van der Waals surface area contributed by atoms with Crippen molar-refractivity contribution in [3.05, 3.63) is 89.6 Å². The van der Waals surface area contributed by atoms with Crippen molar-refractivity contribution in [2.24, 2.45) is 5.92 Å². The van der Waals surface area contributed by atoms with Crippen LogP contribution in [-0.4, -0.2) is 4.98 Å². The second-order valence-corrected chi connectivity index (χ2v) is 11.7. The molecule has 3 aromatic carbocycles. The lowest BCUT2D eigenvalue weighted by atomic mass is 9.82. The summed E-state index contributed by atoms with van der Waals surface area (Å²) in [5.41, 5.74) is 7.34. The van der Waals surface area contributed by atoms with Crippen molar-refractivity contribution in [3.63, 3.8) is 0 Å². The minimum atomic E-state index is -0.00234. The van der Waals surface area contributed by atoms with Crippen LogP contribution in [0.15, 0.2) is 81.8 Å². The van der Waals surface area contributed by atoms with E-state index in [9.17, 15) is 0 Å². The fraction of sp³-hybridized carbons (Fsp3) is 0.265. The number of fused-ring (bicyclic) bond motifs is 3. The van der Waals surface area contributed by atoms with E-state index >= 15 is 0 Å². The van der Waals surface area contributed by atoms with Gasteiger partial charge in [-0.05, 0) is 83.0 Å². The third kappa shape index (κ3) is 4.13. The number of nitrogens with zero attached hydrogens (tertiary/aromatic N) is 1. The summed E-state index contributed by atoms with van der Waals surface area (Å²) in [4.78, 5) is 4.79. The summed E-state index contributed by atoms with van der Waals surface area (Å²) >= 11 is 0. The molecule has 3 heteroatoms. The zero-order valence-electron chi connectivity index (χ0n) is 22.5. The van der Waals surface area contributed by atoms with Gasteiger partial charge >= 0.3 is 0 Å². The zero-order valence-corrected chi connectivity index (χ0v) is 22.5. The van der Waals surface area contributed by atoms with E-state index in [1.165, 1.54) is 21.9 Å². The van der Waals surface area contributed by atoms with Crippen LogP contribution < -0.4 is 0 Å². The molecule has 0 saturated carbocycles. The number of hydrogen-bond acceptors (Lipinski definition) is 3. The number of aromatic nitrogens is 1. The Balaban J connectivity index is 1.51. The fourth-order valence-electron chi connectivity index (χ4n) is 5.45. The fourth-order valence-corrected chi connectivity index (χ4v) is 5.45. The van der Waals surface area contributed by atoms with Crippen molar-refractivity contribution >= 4 is 32.7 Å². The van der Waals surface area contributed by atoms with Crippen LogP contribution >= 0.6 is 0 Å². The Morgan fingerprint density at radius 1 is 0.838 bits per heavy atom. The molecule has 0 radical (unpaired) electrons. The number of hydrogen-bond donors (Lipinski definition) is 0. The summed E-state index contributed by atoms with van der Waals surface area (Å²) in [6.07, 6.45) is 2.92. The van der Waals surface area contributed by atoms with Crippen LogP contribution in [0, 0.1) is 12.8 Å². The van der Waals surface area contributed by atoms with Crippen LogP contribution in [0.5, 0.6) is 0 Å². The smallest absolute Gasteiger partial charge is 0.173 e. The van der Waals surface area contributed by atoms with E-state index in [2.05, 4.69) is 102 Å². The predicted octanol–water partition coefficient (Wildman–Crippen LogP) is 9.87. The molecule has 0 fully saturated rings. The largest absolute Gasteiger partial charge is 0.452 e. The number of aryl methyl sites for hydroxylation is 1. The molecule has 0 N–H and O–H groups in total. The molecule has 0 atom stereocenters. The van der Waals surface area contributed by atoms with Crippen LogP contribution in [-0.2, 0) is 11.8 Å². The van der Waals surface area contributed by atoms with Crippen molar-refractivity contribution in [1.82, 2.24) is 4.98 Å². The lowest BCUT2D eigenvalue weighted by molar-refractivity contribution is 0.567. The molecular weight excluding hydrogens is 454 g/mol. The van der Waals surface area contributed by atoms with Crippen LogP contribution in [0.3, 0.4) is 0 Å². The summed E-state index contributed by atoms with van der Waals surface area (Å²) in [6, 6.07) is 23.7. The highest BCUT2D eigenvalue weighted by Crippen LogP contribution is 2.40. The van der Waals surface area contributed by atoms with Crippen molar-refractivity contribution in [2.45, 2.75) is 53.4 Å². The van der Waals surface area contributed by atoms with Crippen molar-refractivity contribution in [1.29, 1.82) is 0 Å². The van der Waals surface area contributed by atoms with Gasteiger partial charge in [0.15, 0.2) is 17.1 Å². The van der Waals surface area contributed by atoms with E-state index in [1.54, 1.807) is 0 Å². The molecule has 6 rings (SSSR count). The quantitative estimate of drug-likeness (QED) is 0.248. The first-order chi connectivity index (χ1) is 17.7. The van der Waals surface area contributed by atoms with Gasteiger partial charge in [-0.2, -0.15) is 0 Å². The summed E-state index contributed by atoms with van der Waals surface area (Å²) in [6.45, 7) is 13.4. The number of furan rings is 2. The van der Waals surface area contributed by atoms with Gasteiger partial charge in [-0.15, -0.1) is 0 Å². The van der Waals surface area contributed by atoms with E-state index in [4.69, 9.17) is 13.8 Å². The number of benzene rings is 3. The van der Waals surface area contributed by atoms with Crippen LogP contribution in [0.4, 0.5) is 0 Å². The third-order valence-electron chi connectivity index (χ3n) is 7.25. The van der Waals surface area contributed by atoms with E-state index in [0.717, 1.165) is 56.7 Å². The Hall–Kier alpha value is -3.85. The molecular formula is C34H33NO2. The topological polar surface area (TPSA) is 39.2 Å². The maximum atomic E-state index is 6.53. The molecule has 37 heavy (non-hydrogen) atoms. The number of pyridine rings is 1. The molecule has 0 saturated heterocycles. The number of rotatable bonds is 4. The minimum Gasteiger partial charge on any atom is -0.452 e. The zero-order chi connectivity index (χ0) is 25.9. The monoisotopic (exact) mass is 487 g/mol. The maximum Gasteiger partial charge on any atom is 0.173 e. The van der Waals surface area contributed by atoms with Crippen LogP contribution in [0.1, 0.15) is 51.3 Å². The highest BCUT2D eigenvalue weighted by molar-refractivity contribution is 5.98. The molecule has 0 aliphatic rings. The van der Waals surface area contributed by atoms with E-state index in [0.29, 0.717) is 5.92 Å². The molecule has 6 aromatic rings. The molecule has 0 bridgehead atoms. The van der Waals surface area contributed by atoms with Crippen molar-refractivity contribution in [3.8, 4) is 22.8 Å². The standard InChI is InChI=1S/C34H33NO2/c1-20(2)15-22-11-12-29-27(16-22)21(3)32(36-29)30-19-24-13-14-35-31(33(24)37-30)25-17-23-9-7-8-10-26(23)28(18-25)34(4,5)6/h7-14,16-20H,15H2,1-6H3. The predicted molar refractivity (Wildman–Crippen MR) is 154 cm³/mol. The molecule has 0 aliphatic carbocycles. The van der Waals surface area contributed by atoms with Gasteiger partial charge in [0.05, 0.1) is 0 Å². The normalized spacial score (nSPS) is 12.4. The molecule has 0 aliphatic heterocycles. The Morgan fingerprint density at radius 2 is 1.65 bits per heavy atom. The van der Waals surface area contributed by atoms with Gasteiger partial charge in [-0.1, -0.05) is 65.0 Å². The second kappa shape index (κ2) is 8.62. The molecule has 3 aromatic heterocycles. The molecule has 3 heterocycles. The van der Waals surface area contributed by atoms with E-state index < -0.39 is 0 Å². The SMILES string of the molecule is Cc1c(-c2cc3ccnc(-c4cc(C(C)(C)C)c5ccccc5c4)c3o2)oc2ccc(CC(C)C)cc12. The average Bonchev–Trinajstić information content (AvgIpc) is 3.43. The van der Waals surface area contributed by atoms with E-state index in [-0.39, 0.29) is 5.41 Å². The molecule has 186 valence electrons. The van der Waals surface area contributed by atoms with Gasteiger partial charge in [0.2, 0.25) is 0 Å². The van der Waals surface area contributed by atoms with Crippen molar-refractivity contribution in [2.75, 3.05) is 0 Å². The minimum absolute atomic E-state index is 0.00234. The first-order valence-electron chi connectivity index (χ1n) is 13.1. The van der Waals surface area contributed by atoms with Gasteiger partial charge in [-0.25, -0.2) is 0 Å². The Morgan fingerprint density at radius 3 is 2.43 bits per heavy atom. The third-order valence-corrected chi connectivity index (χ3v) is 7.25. The molecule has 0 unspecified atom stereocenters. The molecule has 0 spiro atoms. The summed E-state index contributed by atoms with van der Waals surface area (Å²) < 4.78 is 12.9. The van der Waals surface area contributed by atoms with Crippen LogP contribution in [0.2, 0.25) is 0 Å². The average molecular weight is 488 g/mol. The first kappa shape index (κ1) is 23.5. The maximum absolute atomic E-state index is 6.53. The second-order valence-electron chi connectivity index (χ2n) is 11.7. The lowest BCUT2D eigenvalue weighted by Gasteiger charge is -2.22. The van der Waals surface area contributed by atoms with Gasteiger partial charge < -0.3 is 8.83 Å². The Kier molecular flexibility index (Phi) is 5.49. The Labute approximate surface area is 218 Å². The van der Waals surface area contributed by atoms with E-state index in [1.807, 2.05) is 12.3 Å². The van der Waals surface area contributed by atoms with Gasteiger partial charge in [0.25, 0.3) is 0 Å². The molecule has 0 amide bonds. The van der Waals surface area contributed by atoms with Crippen molar-refractivity contribution < 1.29 is 8.83 Å². The molecule has 3 nitrogen and oxygen atoms in total. The van der Waals surface area contributed by atoms with Gasteiger partial charge in [0.1, 0.15) is 11.3 Å². The highest BCUT2D eigenvalue weighted by Gasteiger charge is 2.22. The highest BCUT2D eigenvalue weighted by atomic mass is 16.4. The first-order valence-corrected chi connectivity index (χ1v) is 13.1. The van der Waals surface area contributed by atoms with Gasteiger partial charge in [0, 0.05) is 28.1 Å². The van der Waals surface area contributed by atoms with Crippen LogP contribution in [0.25, 0.3) is 55.5 Å². The Bertz CT molecular complexity index is 1780. The summed E-state index contributed by atoms with van der Waals surface area (Å²) in [5.74, 6) is 2.13.